The van der Waals surface area contributed by atoms with Crippen molar-refractivity contribution in [2.75, 3.05) is 6.26 Å². The zero-order valence-electron chi connectivity index (χ0n) is 14.7. The lowest BCUT2D eigenvalue weighted by Crippen LogP contribution is -2.47. The van der Waals surface area contributed by atoms with Crippen LogP contribution >= 0.6 is 11.8 Å². The van der Waals surface area contributed by atoms with E-state index in [1.807, 2.05) is 43.8 Å². The van der Waals surface area contributed by atoms with Gasteiger partial charge >= 0.3 is 0 Å². The van der Waals surface area contributed by atoms with Gasteiger partial charge in [-0.25, -0.2) is 8.42 Å². The average Bonchev–Trinajstić information content (AvgIpc) is 2.77. The molecule has 2 saturated heterocycles. The Morgan fingerprint density at radius 3 is 1.91 bits per heavy atom. The molecule has 0 radical (unpaired) electrons. The molecule has 1 aromatic carbocycles. The predicted octanol–water partition coefficient (Wildman–Crippen LogP) is 3.97. The van der Waals surface area contributed by atoms with Crippen molar-refractivity contribution in [1.29, 1.82) is 0 Å². The molecule has 128 valence electrons. The number of hydrogen-bond acceptors (Lipinski definition) is 3. The summed E-state index contributed by atoms with van der Waals surface area (Å²) in [5, 5.41) is 0.611. The fourth-order valence-corrected chi connectivity index (χ4v) is 7.65. The van der Waals surface area contributed by atoms with Crippen LogP contribution in [0.1, 0.15) is 47.9 Å². The van der Waals surface area contributed by atoms with E-state index in [0.29, 0.717) is 10.1 Å². The molecule has 1 aromatic rings. The first-order valence-corrected chi connectivity index (χ1v) is 11.1. The van der Waals surface area contributed by atoms with Crippen molar-refractivity contribution >= 4 is 21.8 Å². The van der Waals surface area contributed by atoms with Crippen LogP contribution in [-0.2, 0) is 10.0 Å². The summed E-state index contributed by atoms with van der Waals surface area (Å²) in [5.41, 5.74) is 3.97. The molecule has 0 N–H and O–H groups in total. The molecule has 5 heteroatoms. The summed E-state index contributed by atoms with van der Waals surface area (Å²) in [6, 6.07) is 2.48. The second-order valence-corrected chi connectivity index (χ2v) is 10.1. The van der Waals surface area contributed by atoms with E-state index in [1.54, 1.807) is 0 Å². The first-order valence-electron chi connectivity index (χ1n) is 8.41. The lowest BCUT2D eigenvalue weighted by Gasteiger charge is -2.38. The van der Waals surface area contributed by atoms with Crippen molar-refractivity contribution in [1.82, 2.24) is 4.31 Å². The van der Waals surface area contributed by atoms with Crippen molar-refractivity contribution in [3.8, 4) is 0 Å². The molecule has 2 aliphatic rings. The molecule has 3 nitrogen and oxygen atoms in total. The van der Waals surface area contributed by atoms with Gasteiger partial charge in [0.15, 0.2) is 0 Å². The van der Waals surface area contributed by atoms with E-state index >= 15 is 0 Å². The third-order valence-corrected chi connectivity index (χ3v) is 9.12. The van der Waals surface area contributed by atoms with Crippen LogP contribution in [0.3, 0.4) is 0 Å². The number of sulfonamides is 1. The first-order chi connectivity index (χ1) is 10.8. The molecule has 2 bridgehead atoms. The largest absolute Gasteiger partial charge is 0.244 e. The van der Waals surface area contributed by atoms with Crippen molar-refractivity contribution < 1.29 is 8.42 Å². The Labute approximate surface area is 144 Å². The SMILES string of the molecule is CSC1CC2CCC(C1)N2S(=O)(=O)c1c(C)c(C)cc(C)c1C. The molecule has 0 saturated carbocycles. The fraction of sp³-hybridized carbons (Fsp3) is 0.667. The number of nitrogens with zero attached hydrogens (tertiary/aromatic N) is 1. The highest BCUT2D eigenvalue weighted by atomic mass is 32.2. The van der Waals surface area contributed by atoms with Crippen molar-refractivity contribution in [2.45, 2.75) is 75.6 Å². The van der Waals surface area contributed by atoms with Crippen molar-refractivity contribution in [3.63, 3.8) is 0 Å². The fourth-order valence-electron chi connectivity index (χ4n) is 4.34. The maximum absolute atomic E-state index is 13.5. The number of aryl methyl sites for hydroxylation is 2. The van der Waals surface area contributed by atoms with Crippen LogP contribution in [0.15, 0.2) is 11.0 Å². The molecule has 2 unspecified atom stereocenters. The van der Waals surface area contributed by atoms with Crippen LogP contribution in [0, 0.1) is 27.7 Å². The van der Waals surface area contributed by atoms with Gasteiger partial charge < -0.3 is 0 Å². The van der Waals surface area contributed by atoms with Gasteiger partial charge in [-0.15, -0.1) is 0 Å². The zero-order chi connectivity index (χ0) is 16.9. The van der Waals surface area contributed by atoms with Crippen LogP contribution in [0.5, 0.6) is 0 Å². The van der Waals surface area contributed by atoms with Crippen molar-refractivity contribution in [3.05, 3.63) is 28.3 Å². The lowest BCUT2D eigenvalue weighted by atomic mass is 10.0. The van der Waals surface area contributed by atoms with Crippen LogP contribution in [0.25, 0.3) is 0 Å². The van der Waals surface area contributed by atoms with Crippen LogP contribution < -0.4 is 0 Å². The molecule has 0 aliphatic carbocycles. The van der Waals surface area contributed by atoms with Gasteiger partial charge in [-0.2, -0.15) is 16.1 Å². The Morgan fingerprint density at radius 2 is 1.48 bits per heavy atom. The molecule has 2 aliphatic heterocycles. The van der Waals surface area contributed by atoms with Gasteiger partial charge in [0.25, 0.3) is 0 Å². The summed E-state index contributed by atoms with van der Waals surface area (Å²) < 4.78 is 28.9. The van der Waals surface area contributed by atoms with Gasteiger partial charge in [-0.1, -0.05) is 6.07 Å². The van der Waals surface area contributed by atoms with Crippen LogP contribution in [0.4, 0.5) is 0 Å². The van der Waals surface area contributed by atoms with E-state index in [0.717, 1.165) is 47.9 Å². The normalized spacial score (nSPS) is 28.3. The topological polar surface area (TPSA) is 37.4 Å². The minimum atomic E-state index is -3.41. The van der Waals surface area contributed by atoms with E-state index in [2.05, 4.69) is 12.3 Å². The van der Waals surface area contributed by atoms with Crippen molar-refractivity contribution in [2.24, 2.45) is 0 Å². The summed E-state index contributed by atoms with van der Waals surface area (Å²) in [4.78, 5) is 0.564. The number of fused-ring (bicyclic) bond motifs is 2. The smallest absolute Gasteiger partial charge is 0.207 e. The Morgan fingerprint density at radius 1 is 1.00 bits per heavy atom. The minimum absolute atomic E-state index is 0.191. The maximum Gasteiger partial charge on any atom is 0.244 e. The van der Waals surface area contributed by atoms with E-state index in [1.165, 1.54) is 0 Å². The molecule has 0 aromatic heterocycles. The molecule has 3 rings (SSSR count). The van der Waals surface area contributed by atoms with E-state index in [4.69, 9.17) is 0 Å². The van der Waals surface area contributed by atoms with Gasteiger partial charge in [-0.3, -0.25) is 0 Å². The summed E-state index contributed by atoms with van der Waals surface area (Å²) in [5.74, 6) is 0. The van der Waals surface area contributed by atoms with Crippen LogP contribution in [-0.4, -0.2) is 36.3 Å². The van der Waals surface area contributed by atoms with Crippen LogP contribution in [0.2, 0.25) is 0 Å². The summed E-state index contributed by atoms with van der Waals surface area (Å²) in [6.45, 7) is 7.92. The lowest BCUT2D eigenvalue weighted by molar-refractivity contribution is 0.253. The highest BCUT2D eigenvalue weighted by Crippen LogP contribution is 2.44. The first kappa shape index (κ1) is 17.3. The standard InChI is InChI=1S/C18H27NO2S2/c1-11-8-12(2)14(4)18(13(11)3)23(20,21)19-15-6-7-16(19)10-17(9-15)22-5/h8,15-17H,6-7,9-10H2,1-5H3. The molecular formula is C18H27NO2S2. The number of benzene rings is 1. The second kappa shape index (κ2) is 6.08. The molecule has 23 heavy (non-hydrogen) atoms. The highest BCUT2D eigenvalue weighted by Gasteiger charge is 2.47. The quantitative estimate of drug-likeness (QED) is 0.825. The van der Waals surface area contributed by atoms with Gasteiger partial charge in [-0.05, 0) is 81.9 Å². The number of thioether (sulfide) groups is 1. The molecule has 2 heterocycles. The summed E-state index contributed by atoms with van der Waals surface area (Å²) >= 11 is 1.89. The molecule has 0 spiro atoms. The summed E-state index contributed by atoms with van der Waals surface area (Å²) in [6.07, 6.45) is 6.18. The van der Waals surface area contributed by atoms with E-state index in [-0.39, 0.29) is 12.1 Å². The van der Waals surface area contributed by atoms with Gasteiger partial charge in [0.05, 0.1) is 4.90 Å². The van der Waals surface area contributed by atoms with Gasteiger partial charge in [0.1, 0.15) is 0 Å². The predicted molar refractivity (Wildman–Crippen MR) is 97.8 cm³/mol. The molecule has 2 fully saturated rings. The molecular weight excluding hydrogens is 326 g/mol. The molecule has 0 amide bonds. The Bertz CT molecular complexity index is 687. The Kier molecular flexibility index (Phi) is 4.58. The Hall–Kier alpha value is -0.520. The van der Waals surface area contributed by atoms with E-state index < -0.39 is 10.0 Å². The number of rotatable bonds is 3. The average molecular weight is 354 g/mol. The second-order valence-electron chi connectivity index (χ2n) is 7.14. The number of hydrogen-bond donors (Lipinski definition) is 0. The third kappa shape index (κ3) is 2.75. The monoisotopic (exact) mass is 353 g/mol. The van der Waals surface area contributed by atoms with Gasteiger partial charge in [0.2, 0.25) is 10.0 Å². The zero-order valence-corrected chi connectivity index (χ0v) is 16.4. The van der Waals surface area contributed by atoms with Gasteiger partial charge in [0, 0.05) is 17.3 Å². The number of piperidine rings is 1. The van der Waals surface area contributed by atoms with E-state index in [9.17, 15) is 8.42 Å². The molecule has 2 atom stereocenters. The maximum atomic E-state index is 13.5. The summed E-state index contributed by atoms with van der Waals surface area (Å²) in [7, 11) is -3.41. The third-order valence-electron chi connectivity index (χ3n) is 5.79. The minimum Gasteiger partial charge on any atom is -0.207 e. The highest BCUT2D eigenvalue weighted by molar-refractivity contribution is 7.99. The Balaban J connectivity index is 2.08.